The third-order valence-corrected chi connectivity index (χ3v) is 4.17. The molecule has 0 saturated carbocycles. The molecule has 1 heterocycles. The molecule has 0 aliphatic heterocycles. The number of ether oxygens (including phenoxy) is 2. The van der Waals surface area contributed by atoms with Crippen LogP contribution in [-0.4, -0.2) is 38.3 Å². The monoisotopic (exact) mass is 379 g/mol. The van der Waals surface area contributed by atoms with Crippen molar-refractivity contribution < 1.29 is 9.47 Å². The first-order valence-corrected chi connectivity index (χ1v) is 8.87. The fourth-order valence-electron chi connectivity index (χ4n) is 2.70. The second-order valence-corrected chi connectivity index (χ2v) is 6.48. The fourth-order valence-corrected chi connectivity index (χ4v) is 2.70. The molecule has 0 unspecified atom stereocenters. The molecular weight excluding hydrogens is 354 g/mol. The largest absolute Gasteiger partial charge is 0.497 e. The van der Waals surface area contributed by atoms with Crippen molar-refractivity contribution in [3.8, 4) is 11.5 Å². The van der Waals surface area contributed by atoms with E-state index in [0.717, 1.165) is 28.5 Å². The zero-order valence-electron chi connectivity index (χ0n) is 16.8. The number of nitrogens with zero attached hydrogens (tertiary/aromatic N) is 3. The van der Waals surface area contributed by atoms with E-state index in [1.165, 1.54) is 0 Å². The molecule has 0 atom stereocenters. The SMILES string of the molecule is COc1ccc(Nc2nc(C)cc(Nc3ccc(N(C)C)cc3)n2)c(OC)c1. The van der Waals surface area contributed by atoms with Gasteiger partial charge in [0.15, 0.2) is 0 Å². The van der Waals surface area contributed by atoms with Crippen LogP contribution >= 0.6 is 0 Å². The van der Waals surface area contributed by atoms with E-state index in [-0.39, 0.29) is 0 Å². The number of benzene rings is 2. The summed E-state index contributed by atoms with van der Waals surface area (Å²) in [4.78, 5) is 11.1. The second-order valence-electron chi connectivity index (χ2n) is 6.48. The minimum atomic E-state index is 0.482. The van der Waals surface area contributed by atoms with Crippen LogP contribution in [0.4, 0.5) is 28.8 Å². The lowest BCUT2D eigenvalue weighted by molar-refractivity contribution is 0.395. The Balaban J connectivity index is 1.81. The molecule has 0 bridgehead atoms. The Kier molecular flexibility index (Phi) is 5.84. The average Bonchev–Trinajstić information content (AvgIpc) is 2.68. The van der Waals surface area contributed by atoms with Gasteiger partial charge in [0.05, 0.1) is 19.9 Å². The van der Waals surface area contributed by atoms with Crippen LogP contribution in [0.2, 0.25) is 0 Å². The normalized spacial score (nSPS) is 10.3. The maximum Gasteiger partial charge on any atom is 0.229 e. The van der Waals surface area contributed by atoms with E-state index in [4.69, 9.17) is 9.47 Å². The van der Waals surface area contributed by atoms with E-state index < -0.39 is 0 Å². The Bertz CT molecular complexity index is 942. The summed E-state index contributed by atoms with van der Waals surface area (Å²) in [6.45, 7) is 1.93. The topological polar surface area (TPSA) is 71.5 Å². The number of rotatable bonds is 7. The first-order valence-electron chi connectivity index (χ1n) is 8.87. The van der Waals surface area contributed by atoms with E-state index in [1.807, 2.05) is 57.4 Å². The Morgan fingerprint density at radius 3 is 2.25 bits per heavy atom. The number of hydrogen-bond donors (Lipinski definition) is 2. The molecule has 2 aromatic carbocycles. The first kappa shape index (κ1) is 19.3. The molecule has 28 heavy (non-hydrogen) atoms. The fraction of sp³-hybridized carbons (Fsp3) is 0.238. The lowest BCUT2D eigenvalue weighted by Gasteiger charge is -2.14. The summed E-state index contributed by atoms with van der Waals surface area (Å²) in [5.41, 5.74) is 3.70. The van der Waals surface area contributed by atoms with E-state index in [0.29, 0.717) is 17.5 Å². The molecule has 0 saturated heterocycles. The van der Waals surface area contributed by atoms with Crippen LogP contribution in [0.3, 0.4) is 0 Å². The third kappa shape index (κ3) is 4.62. The quantitative estimate of drug-likeness (QED) is 0.632. The molecule has 146 valence electrons. The van der Waals surface area contributed by atoms with Gasteiger partial charge < -0.3 is 25.0 Å². The number of nitrogens with one attached hydrogen (secondary N) is 2. The molecule has 1 aromatic heterocycles. The zero-order valence-corrected chi connectivity index (χ0v) is 16.8. The highest BCUT2D eigenvalue weighted by molar-refractivity contribution is 5.66. The van der Waals surface area contributed by atoms with Crippen molar-refractivity contribution in [2.45, 2.75) is 6.92 Å². The van der Waals surface area contributed by atoms with Crippen molar-refractivity contribution in [2.75, 3.05) is 43.8 Å². The smallest absolute Gasteiger partial charge is 0.229 e. The van der Waals surface area contributed by atoms with Crippen LogP contribution in [0.15, 0.2) is 48.5 Å². The van der Waals surface area contributed by atoms with Crippen molar-refractivity contribution in [3.63, 3.8) is 0 Å². The highest BCUT2D eigenvalue weighted by atomic mass is 16.5. The highest BCUT2D eigenvalue weighted by Gasteiger charge is 2.09. The maximum atomic E-state index is 5.43. The van der Waals surface area contributed by atoms with Gasteiger partial charge in [-0.2, -0.15) is 4.98 Å². The number of methoxy groups -OCH3 is 2. The van der Waals surface area contributed by atoms with E-state index in [1.54, 1.807) is 14.2 Å². The van der Waals surface area contributed by atoms with Gasteiger partial charge in [-0.15, -0.1) is 0 Å². The Labute approximate surface area is 165 Å². The molecule has 7 nitrogen and oxygen atoms in total. The number of anilines is 5. The molecule has 0 spiro atoms. The first-order chi connectivity index (χ1) is 13.5. The van der Waals surface area contributed by atoms with Crippen LogP contribution in [-0.2, 0) is 0 Å². The third-order valence-electron chi connectivity index (χ3n) is 4.17. The van der Waals surface area contributed by atoms with Crippen molar-refractivity contribution in [1.82, 2.24) is 9.97 Å². The van der Waals surface area contributed by atoms with Crippen LogP contribution in [0.1, 0.15) is 5.69 Å². The maximum absolute atomic E-state index is 5.43. The van der Waals surface area contributed by atoms with Gasteiger partial charge in [-0.1, -0.05) is 0 Å². The van der Waals surface area contributed by atoms with Crippen LogP contribution in [0.25, 0.3) is 0 Å². The lowest BCUT2D eigenvalue weighted by Crippen LogP contribution is -2.08. The van der Waals surface area contributed by atoms with E-state index >= 15 is 0 Å². The summed E-state index contributed by atoms with van der Waals surface area (Å²) in [5.74, 6) is 2.56. The Hall–Kier alpha value is -3.48. The molecule has 7 heteroatoms. The van der Waals surface area contributed by atoms with Crippen molar-refractivity contribution >= 4 is 28.8 Å². The van der Waals surface area contributed by atoms with Crippen LogP contribution < -0.4 is 25.0 Å². The summed E-state index contributed by atoms with van der Waals surface area (Å²) in [5, 5.41) is 6.54. The summed E-state index contributed by atoms with van der Waals surface area (Å²) >= 11 is 0. The number of hydrogen-bond acceptors (Lipinski definition) is 7. The van der Waals surface area contributed by atoms with E-state index in [2.05, 4.69) is 37.6 Å². The minimum Gasteiger partial charge on any atom is -0.497 e. The summed E-state index contributed by atoms with van der Waals surface area (Å²) in [6, 6.07) is 15.6. The molecule has 3 rings (SSSR count). The Morgan fingerprint density at radius 1 is 0.857 bits per heavy atom. The van der Waals surface area contributed by atoms with Gasteiger partial charge >= 0.3 is 0 Å². The molecule has 0 fully saturated rings. The van der Waals surface area contributed by atoms with Gasteiger partial charge in [0.25, 0.3) is 0 Å². The molecule has 2 N–H and O–H groups in total. The molecule has 0 amide bonds. The van der Waals surface area contributed by atoms with Gasteiger partial charge in [0.2, 0.25) is 5.95 Å². The van der Waals surface area contributed by atoms with Gasteiger partial charge in [0, 0.05) is 43.3 Å². The molecule has 0 aliphatic rings. The standard InChI is InChI=1S/C21H25N5O2/c1-14-12-20(23-15-6-8-16(9-7-15)26(2)3)25-21(22-14)24-18-11-10-17(27-4)13-19(18)28-5/h6-13H,1-5H3,(H2,22,23,24,25). The predicted octanol–water partition coefficient (Wildman–Crippen LogP) is 4.36. The average molecular weight is 379 g/mol. The predicted molar refractivity (Wildman–Crippen MR) is 114 cm³/mol. The molecular formula is C21H25N5O2. The highest BCUT2D eigenvalue weighted by Crippen LogP contribution is 2.31. The Morgan fingerprint density at radius 2 is 1.61 bits per heavy atom. The van der Waals surface area contributed by atoms with Crippen molar-refractivity contribution in [2.24, 2.45) is 0 Å². The van der Waals surface area contributed by atoms with Crippen molar-refractivity contribution in [1.29, 1.82) is 0 Å². The van der Waals surface area contributed by atoms with Crippen LogP contribution in [0.5, 0.6) is 11.5 Å². The summed E-state index contributed by atoms with van der Waals surface area (Å²) in [7, 11) is 7.26. The number of aryl methyl sites for hydroxylation is 1. The minimum absolute atomic E-state index is 0.482. The van der Waals surface area contributed by atoms with Crippen LogP contribution in [0, 0.1) is 6.92 Å². The summed E-state index contributed by atoms with van der Waals surface area (Å²) < 4.78 is 10.7. The van der Waals surface area contributed by atoms with Crippen molar-refractivity contribution in [3.05, 3.63) is 54.2 Å². The van der Waals surface area contributed by atoms with Gasteiger partial charge in [-0.05, 0) is 43.3 Å². The molecule has 3 aromatic rings. The zero-order chi connectivity index (χ0) is 20.1. The van der Waals surface area contributed by atoms with Gasteiger partial charge in [-0.3, -0.25) is 0 Å². The molecule has 0 radical (unpaired) electrons. The lowest BCUT2D eigenvalue weighted by atomic mass is 10.2. The second kappa shape index (κ2) is 8.47. The summed E-state index contributed by atoms with van der Waals surface area (Å²) in [6.07, 6.45) is 0. The van der Waals surface area contributed by atoms with E-state index in [9.17, 15) is 0 Å². The van der Waals surface area contributed by atoms with Gasteiger partial charge in [0.1, 0.15) is 17.3 Å². The molecule has 0 aliphatic carbocycles. The van der Waals surface area contributed by atoms with Gasteiger partial charge in [-0.25, -0.2) is 4.98 Å². The number of aromatic nitrogens is 2.